The average Bonchev–Trinajstić information content (AvgIpc) is 2.60. The molecule has 0 unspecified atom stereocenters. The van der Waals surface area contributed by atoms with E-state index in [-0.39, 0.29) is 19.0 Å². The Bertz CT molecular complexity index is 713. The molecule has 0 saturated carbocycles. The number of hydrogen-bond acceptors (Lipinski definition) is 4. The minimum atomic E-state index is -0.310. The van der Waals surface area contributed by atoms with Crippen molar-refractivity contribution in [2.75, 3.05) is 14.2 Å². The number of rotatable bonds is 7. The van der Waals surface area contributed by atoms with Gasteiger partial charge in [-0.15, -0.1) is 0 Å². The standard InChI is InChI=1S/C19H21ClO4/c1-4-13-8-9-18(16(20)10-13)24-12-15-14(11-19(21)23-3)6-5-7-17(15)22-2/h5-10H,4,11-12H2,1-3H3. The Hall–Kier alpha value is -2.20. The highest BCUT2D eigenvalue weighted by atomic mass is 35.5. The van der Waals surface area contributed by atoms with Gasteiger partial charge in [-0.25, -0.2) is 0 Å². The third-order valence-corrected chi connectivity index (χ3v) is 4.08. The molecule has 0 heterocycles. The summed E-state index contributed by atoms with van der Waals surface area (Å²) in [4.78, 5) is 11.6. The highest BCUT2D eigenvalue weighted by molar-refractivity contribution is 6.32. The Morgan fingerprint density at radius 3 is 2.54 bits per heavy atom. The maximum absolute atomic E-state index is 11.6. The molecule has 0 atom stereocenters. The molecule has 0 aliphatic heterocycles. The van der Waals surface area contributed by atoms with Gasteiger partial charge >= 0.3 is 5.97 Å². The van der Waals surface area contributed by atoms with E-state index in [1.54, 1.807) is 7.11 Å². The summed E-state index contributed by atoms with van der Waals surface area (Å²) in [5.74, 6) is 0.955. The Morgan fingerprint density at radius 2 is 1.92 bits per heavy atom. The lowest BCUT2D eigenvalue weighted by atomic mass is 10.0. The van der Waals surface area contributed by atoms with Crippen molar-refractivity contribution in [2.24, 2.45) is 0 Å². The maximum atomic E-state index is 11.6. The fraction of sp³-hybridized carbons (Fsp3) is 0.316. The summed E-state index contributed by atoms with van der Waals surface area (Å²) < 4.78 is 16.0. The normalized spacial score (nSPS) is 10.3. The van der Waals surface area contributed by atoms with Gasteiger partial charge in [0.05, 0.1) is 25.7 Å². The van der Waals surface area contributed by atoms with Crippen molar-refractivity contribution in [3.8, 4) is 11.5 Å². The van der Waals surface area contributed by atoms with E-state index in [1.807, 2.05) is 36.4 Å². The first-order chi connectivity index (χ1) is 11.6. The third kappa shape index (κ3) is 4.42. The van der Waals surface area contributed by atoms with Gasteiger partial charge in [0.1, 0.15) is 18.1 Å². The van der Waals surface area contributed by atoms with Crippen LogP contribution in [-0.4, -0.2) is 20.2 Å². The van der Waals surface area contributed by atoms with Crippen LogP contribution in [0.3, 0.4) is 0 Å². The number of ether oxygens (including phenoxy) is 3. The van der Waals surface area contributed by atoms with Crippen LogP contribution in [0.25, 0.3) is 0 Å². The van der Waals surface area contributed by atoms with E-state index in [1.165, 1.54) is 7.11 Å². The maximum Gasteiger partial charge on any atom is 0.309 e. The fourth-order valence-electron chi connectivity index (χ4n) is 2.39. The zero-order valence-corrected chi connectivity index (χ0v) is 14.9. The lowest BCUT2D eigenvalue weighted by Gasteiger charge is -2.15. The summed E-state index contributed by atoms with van der Waals surface area (Å²) >= 11 is 6.26. The minimum absolute atomic E-state index is 0.162. The molecule has 0 N–H and O–H groups in total. The molecule has 0 bridgehead atoms. The van der Waals surface area contributed by atoms with Crippen LogP contribution in [0.2, 0.25) is 5.02 Å². The van der Waals surface area contributed by atoms with E-state index in [2.05, 4.69) is 6.92 Å². The molecule has 0 spiro atoms. The van der Waals surface area contributed by atoms with Crippen molar-refractivity contribution in [1.29, 1.82) is 0 Å². The first kappa shape index (κ1) is 18.1. The Kier molecular flexibility index (Phi) is 6.50. The second-order valence-corrected chi connectivity index (χ2v) is 5.67. The van der Waals surface area contributed by atoms with Gasteiger partial charge < -0.3 is 14.2 Å². The largest absolute Gasteiger partial charge is 0.496 e. The lowest BCUT2D eigenvalue weighted by Crippen LogP contribution is -2.09. The summed E-state index contributed by atoms with van der Waals surface area (Å²) in [5.41, 5.74) is 2.76. The quantitative estimate of drug-likeness (QED) is 0.703. The Labute approximate surface area is 147 Å². The lowest BCUT2D eigenvalue weighted by molar-refractivity contribution is -0.139. The van der Waals surface area contributed by atoms with Crippen molar-refractivity contribution < 1.29 is 19.0 Å². The Morgan fingerprint density at radius 1 is 1.12 bits per heavy atom. The van der Waals surface area contributed by atoms with Crippen LogP contribution in [0.4, 0.5) is 0 Å². The molecule has 24 heavy (non-hydrogen) atoms. The molecule has 128 valence electrons. The van der Waals surface area contributed by atoms with Crippen LogP contribution in [0.1, 0.15) is 23.6 Å². The highest BCUT2D eigenvalue weighted by Crippen LogP contribution is 2.29. The summed E-state index contributed by atoms with van der Waals surface area (Å²) in [5, 5.41) is 0.568. The van der Waals surface area contributed by atoms with Gasteiger partial charge in [0.15, 0.2) is 0 Å². The van der Waals surface area contributed by atoms with E-state index in [0.29, 0.717) is 16.5 Å². The van der Waals surface area contributed by atoms with Crippen LogP contribution in [0, 0.1) is 0 Å². The molecule has 4 nitrogen and oxygen atoms in total. The molecule has 0 aliphatic carbocycles. The number of benzene rings is 2. The summed E-state index contributed by atoms with van der Waals surface area (Å²) in [6.07, 6.45) is 1.07. The highest BCUT2D eigenvalue weighted by Gasteiger charge is 2.14. The Balaban J connectivity index is 2.23. The molecule has 0 saturated heterocycles. The number of hydrogen-bond donors (Lipinski definition) is 0. The van der Waals surface area contributed by atoms with Gasteiger partial charge in [-0.1, -0.05) is 36.7 Å². The van der Waals surface area contributed by atoms with Crippen molar-refractivity contribution in [3.05, 3.63) is 58.1 Å². The van der Waals surface area contributed by atoms with Crippen LogP contribution >= 0.6 is 11.6 Å². The smallest absolute Gasteiger partial charge is 0.309 e. The molecule has 0 aliphatic rings. The third-order valence-electron chi connectivity index (χ3n) is 3.79. The first-order valence-electron chi connectivity index (χ1n) is 7.71. The van der Waals surface area contributed by atoms with Crippen LogP contribution < -0.4 is 9.47 Å². The number of halogens is 1. The number of esters is 1. The minimum Gasteiger partial charge on any atom is -0.496 e. The number of aryl methyl sites for hydroxylation is 1. The number of methoxy groups -OCH3 is 2. The molecule has 2 aromatic carbocycles. The van der Waals surface area contributed by atoms with E-state index in [9.17, 15) is 4.79 Å². The second-order valence-electron chi connectivity index (χ2n) is 5.26. The summed E-state index contributed by atoms with van der Waals surface area (Å²) in [7, 11) is 2.96. The zero-order chi connectivity index (χ0) is 17.5. The van der Waals surface area contributed by atoms with Gasteiger partial charge in [-0.2, -0.15) is 0 Å². The molecule has 5 heteroatoms. The van der Waals surface area contributed by atoms with E-state index >= 15 is 0 Å². The molecule has 0 amide bonds. The molecule has 2 rings (SSSR count). The number of carbonyl (C=O) groups excluding carboxylic acids is 1. The van der Waals surface area contributed by atoms with Gasteiger partial charge in [0.2, 0.25) is 0 Å². The first-order valence-corrected chi connectivity index (χ1v) is 8.09. The summed E-state index contributed by atoms with van der Waals surface area (Å²) in [6, 6.07) is 11.3. The average molecular weight is 349 g/mol. The molecular weight excluding hydrogens is 328 g/mol. The topological polar surface area (TPSA) is 44.8 Å². The number of carbonyl (C=O) groups is 1. The molecule has 0 radical (unpaired) electrons. The molecule has 0 aromatic heterocycles. The molecular formula is C19H21ClO4. The van der Waals surface area contributed by atoms with Gasteiger partial charge in [0, 0.05) is 5.56 Å². The predicted molar refractivity (Wildman–Crippen MR) is 93.9 cm³/mol. The van der Waals surface area contributed by atoms with Crippen molar-refractivity contribution >= 4 is 17.6 Å². The van der Waals surface area contributed by atoms with Crippen molar-refractivity contribution in [3.63, 3.8) is 0 Å². The van der Waals surface area contributed by atoms with Gasteiger partial charge in [0.25, 0.3) is 0 Å². The van der Waals surface area contributed by atoms with Crippen molar-refractivity contribution in [2.45, 2.75) is 26.4 Å². The zero-order valence-electron chi connectivity index (χ0n) is 14.1. The van der Waals surface area contributed by atoms with Gasteiger partial charge in [-0.05, 0) is 35.7 Å². The van der Waals surface area contributed by atoms with E-state index in [0.717, 1.165) is 23.1 Å². The SMILES string of the molecule is CCc1ccc(OCc2c(CC(=O)OC)cccc2OC)c(Cl)c1. The predicted octanol–water partition coefficient (Wildman–Crippen LogP) is 4.21. The molecule has 0 fully saturated rings. The van der Waals surface area contributed by atoms with E-state index < -0.39 is 0 Å². The summed E-state index contributed by atoms with van der Waals surface area (Å²) in [6.45, 7) is 2.32. The van der Waals surface area contributed by atoms with Crippen LogP contribution in [0.15, 0.2) is 36.4 Å². The van der Waals surface area contributed by atoms with E-state index in [4.69, 9.17) is 25.8 Å². The van der Waals surface area contributed by atoms with Crippen LogP contribution in [-0.2, 0) is 29.0 Å². The second kappa shape index (κ2) is 8.60. The monoisotopic (exact) mass is 348 g/mol. The fourth-order valence-corrected chi connectivity index (χ4v) is 2.65. The molecule has 2 aromatic rings. The van der Waals surface area contributed by atoms with Crippen molar-refractivity contribution in [1.82, 2.24) is 0 Å². The van der Waals surface area contributed by atoms with Crippen LogP contribution in [0.5, 0.6) is 11.5 Å². The van der Waals surface area contributed by atoms with Gasteiger partial charge in [-0.3, -0.25) is 4.79 Å².